The minimum atomic E-state index is -0.0252. The fraction of sp³-hybridized carbons (Fsp3) is 0.478. The molecule has 0 atom stereocenters. The van der Waals surface area contributed by atoms with Gasteiger partial charge in [0.1, 0.15) is 0 Å². The summed E-state index contributed by atoms with van der Waals surface area (Å²) in [5.41, 5.74) is 4.29. The summed E-state index contributed by atoms with van der Waals surface area (Å²) in [6.07, 6.45) is 8.43. The summed E-state index contributed by atoms with van der Waals surface area (Å²) in [4.78, 5) is 0. The third kappa shape index (κ3) is 4.39. The van der Waals surface area contributed by atoms with Crippen LogP contribution in [0.25, 0.3) is 11.1 Å². The summed E-state index contributed by atoms with van der Waals surface area (Å²) < 4.78 is 0. The number of benzene rings is 2. The number of hydrogen-bond donors (Lipinski definition) is 0. The molecule has 0 nitrogen and oxygen atoms in total. The van der Waals surface area contributed by atoms with Crippen molar-refractivity contribution in [3.63, 3.8) is 0 Å². The lowest BCUT2D eigenvalue weighted by Crippen LogP contribution is -2.13. The maximum Gasteiger partial charge on any atom is 0.0544 e. The molecule has 0 heterocycles. The molecule has 1 saturated carbocycles. The van der Waals surface area contributed by atoms with E-state index in [0.717, 1.165) is 11.8 Å². The molecular formula is C23H32Si. The molecule has 2 aromatic rings. The van der Waals surface area contributed by atoms with E-state index in [1.807, 2.05) is 0 Å². The molecule has 2 aromatic carbocycles. The first-order valence-electron chi connectivity index (χ1n) is 9.99. The van der Waals surface area contributed by atoms with E-state index in [4.69, 9.17) is 0 Å². The normalized spacial score (nSPS) is 21.4. The molecule has 0 saturated heterocycles. The van der Waals surface area contributed by atoms with Crippen molar-refractivity contribution in [2.45, 2.75) is 64.3 Å². The Morgan fingerprint density at radius 3 is 1.92 bits per heavy atom. The first-order chi connectivity index (χ1) is 11.8. The minimum Gasteiger partial charge on any atom is -0.0680 e. The zero-order chi connectivity index (χ0) is 16.8. The van der Waals surface area contributed by atoms with Crippen LogP contribution in [0.3, 0.4) is 0 Å². The molecule has 1 fully saturated rings. The van der Waals surface area contributed by atoms with Crippen molar-refractivity contribution >= 4 is 14.7 Å². The highest BCUT2D eigenvalue weighted by molar-refractivity contribution is 6.53. The highest BCUT2D eigenvalue weighted by Crippen LogP contribution is 2.37. The van der Waals surface area contributed by atoms with E-state index in [-0.39, 0.29) is 9.52 Å². The van der Waals surface area contributed by atoms with E-state index in [2.05, 4.69) is 62.4 Å². The Kier molecular flexibility index (Phi) is 6.31. The Morgan fingerprint density at radius 1 is 0.792 bits per heavy atom. The molecule has 24 heavy (non-hydrogen) atoms. The summed E-state index contributed by atoms with van der Waals surface area (Å²) in [7, 11) is -0.0252. The van der Waals surface area contributed by atoms with Gasteiger partial charge < -0.3 is 0 Å². The van der Waals surface area contributed by atoms with Crippen LogP contribution in [-0.2, 0) is 0 Å². The van der Waals surface area contributed by atoms with Crippen molar-refractivity contribution in [3.8, 4) is 11.1 Å². The first-order valence-corrected chi connectivity index (χ1v) is 11.7. The second-order valence-corrected chi connectivity index (χ2v) is 9.89. The third-order valence-electron chi connectivity index (χ3n) is 5.75. The van der Waals surface area contributed by atoms with Gasteiger partial charge in [0.2, 0.25) is 0 Å². The summed E-state index contributed by atoms with van der Waals surface area (Å²) in [6, 6.07) is 20.1. The molecule has 0 aromatic heterocycles. The predicted molar refractivity (Wildman–Crippen MR) is 110 cm³/mol. The molecule has 0 bridgehead atoms. The summed E-state index contributed by atoms with van der Waals surface area (Å²) in [6.45, 7) is 4.62. The molecular weight excluding hydrogens is 304 g/mol. The van der Waals surface area contributed by atoms with Crippen LogP contribution < -0.4 is 5.19 Å². The molecule has 0 spiro atoms. The molecule has 0 N–H and O–H groups in total. The van der Waals surface area contributed by atoms with Gasteiger partial charge in [-0.15, -0.1) is 0 Å². The topological polar surface area (TPSA) is 0 Å². The van der Waals surface area contributed by atoms with Crippen molar-refractivity contribution in [1.29, 1.82) is 0 Å². The lowest BCUT2D eigenvalue weighted by atomic mass is 9.77. The van der Waals surface area contributed by atoms with Crippen LogP contribution in [0.4, 0.5) is 0 Å². The average Bonchev–Trinajstić information content (AvgIpc) is 2.64. The molecule has 0 amide bonds. The Morgan fingerprint density at radius 2 is 1.38 bits per heavy atom. The second-order valence-electron chi connectivity index (χ2n) is 7.58. The Labute approximate surface area is 150 Å². The average molecular weight is 337 g/mol. The minimum absolute atomic E-state index is 0.0252. The molecule has 0 aliphatic heterocycles. The van der Waals surface area contributed by atoms with Crippen molar-refractivity contribution in [2.75, 3.05) is 0 Å². The fourth-order valence-corrected chi connectivity index (χ4v) is 5.44. The Bertz CT molecular complexity index is 603. The van der Waals surface area contributed by atoms with Gasteiger partial charge in [0.25, 0.3) is 0 Å². The Balaban J connectivity index is 1.63. The van der Waals surface area contributed by atoms with Gasteiger partial charge in [-0.05, 0) is 54.2 Å². The second kappa shape index (κ2) is 8.67. The Hall–Kier alpha value is -1.34. The standard InChI is InChI=1S/C23H32Si/c1-3-5-18-6-8-19(9-7-18)20-10-12-21(13-11-20)22-14-16-23(17-15-22)24-4-2/h10-19H,3-9,24H2,1-2H3. The fourth-order valence-electron chi connectivity index (χ4n) is 4.29. The van der Waals surface area contributed by atoms with E-state index in [9.17, 15) is 0 Å². The van der Waals surface area contributed by atoms with Crippen LogP contribution in [0.1, 0.15) is 63.9 Å². The highest BCUT2D eigenvalue weighted by atomic mass is 28.2. The lowest BCUT2D eigenvalue weighted by molar-refractivity contribution is 0.308. The third-order valence-corrected chi connectivity index (χ3v) is 7.30. The van der Waals surface area contributed by atoms with E-state index < -0.39 is 0 Å². The van der Waals surface area contributed by atoms with Crippen molar-refractivity contribution in [1.82, 2.24) is 0 Å². The van der Waals surface area contributed by atoms with Gasteiger partial charge in [-0.3, -0.25) is 0 Å². The molecule has 1 aliphatic carbocycles. The predicted octanol–water partition coefficient (Wildman–Crippen LogP) is 5.66. The zero-order valence-corrected chi connectivity index (χ0v) is 16.8. The summed E-state index contributed by atoms with van der Waals surface area (Å²) >= 11 is 0. The van der Waals surface area contributed by atoms with Gasteiger partial charge in [0.15, 0.2) is 0 Å². The van der Waals surface area contributed by atoms with Crippen LogP contribution in [0, 0.1) is 5.92 Å². The van der Waals surface area contributed by atoms with Crippen molar-refractivity contribution in [3.05, 3.63) is 54.1 Å². The molecule has 3 rings (SSSR count). The van der Waals surface area contributed by atoms with E-state index in [1.165, 1.54) is 55.7 Å². The van der Waals surface area contributed by atoms with Gasteiger partial charge in [-0.25, -0.2) is 0 Å². The number of hydrogen-bond acceptors (Lipinski definition) is 0. The molecule has 0 unspecified atom stereocenters. The maximum atomic E-state index is 2.38. The molecule has 1 aliphatic rings. The van der Waals surface area contributed by atoms with Crippen LogP contribution in [0.5, 0.6) is 0 Å². The van der Waals surface area contributed by atoms with Crippen LogP contribution in [-0.4, -0.2) is 9.52 Å². The van der Waals surface area contributed by atoms with Gasteiger partial charge in [0.05, 0.1) is 9.52 Å². The van der Waals surface area contributed by atoms with Crippen molar-refractivity contribution < 1.29 is 0 Å². The van der Waals surface area contributed by atoms with E-state index >= 15 is 0 Å². The van der Waals surface area contributed by atoms with Crippen LogP contribution >= 0.6 is 0 Å². The number of rotatable bonds is 6. The van der Waals surface area contributed by atoms with Gasteiger partial charge in [0, 0.05) is 0 Å². The largest absolute Gasteiger partial charge is 0.0680 e. The van der Waals surface area contributed by atoms with Gasteiger partial charge >= 0.3 is 0 Å². The van der Waals surface area contributed by atoms with Crippen molar-refractivity contribution in [2.24, 2.45) is 5.92 Å². The van der Waals surface area contributed by atoms with Gasteiger partial charge in [-0.2, -0.15) is 0 Å². The quantitative estimate of drug-likeness (QED) is 0.597. The monoisotopic (exact) mass is 336 g/mol. The molecule has 128 valence electrons. The highest BCUT2D eigenvalue weighted by Gasteiger charge is 2.21. The lowest BCUT2D eigenvalue weighted by Gasteiger charge is -2.28. The first kappa shape index (κ1) is 17.5. The van der Waals surface area contributed by atoms with Crippen LogP contribution in [0.15, 0.2) is 48.5 Å². The molecule has 0 radical (unpaired) electrons. The van der Waals surface area contributed by atoms with Crippen LogP contribution in [0.2, 0.25) is 6.04 Å². The smallest absolute Gasteiger partial charge is 0.0544 e. The molecule has 1 heteroatoms. The maximum absolute atomic E-state index is 2.38. The summed E-state index contributed by atoms with van der Waals surface area (Å²) in [5, 5.41) is 1.58. The van der Waals surface area contributed by atoms with E-state index in [1.54, 1.807) is 10.8 Å². The zero-order valence-electron chi connectivity index (χ0n) is 15.4. The van der Waals surface area contributed by atoms with Gasteiger partial charge in [-0.1, -0.05) is 86.5 Å². The summed E-state index contributed by atoms with van der Waals surface area (Å²) in [5.74, 6) is 1.79. The SMILES string of the molecule is CCCC1CCC(c2ccc(-c3ccc([SiH2]CC)cc3)cc2)CC1. The van der Waals surface area contributed by atoms with E-state index in [0.29, 0.717) is 0 Å².